The van der Waals surface area contributed by atoms with Crippen molar-refractivity contribution in [3.63, 3.8) is 0 Å². The van der Waals surface area contributed by atoms with Crippen LogP contribution in [0.3, 0.4) is 0 Å². The van der Waals surface area contributed by atoms with Gasteiger partial charge >= 0.3 is 5.97 Å². The monoisotopic (exact) mass is 415 g/mol. The number of hydrogen-bond acceptors (Lipinski definition) is 5. The van der Waals surface area contributed by atoms with Gasteiger partial charge in [-0.1, -0.05) is 0 Å². The van der Waals surface area contributed by atoms with Gasteiger partial charge in [-0.2, -0.15) is 0 Å². The highest BCUT2D eigenvalue weighted by atomic mass is 79.9. The highest BCUT2D eigenvalue weighted by Crippen LogP contribution is 2.33. The lowest BCUT2D eigenvalue weighted by Gasteiger charge is -2.13. The van der Waals surface area contributed by atoms with Gasteiger partial charge < -0.3 is 14.6 Å². The number of carbonyl (C=O) groups is 1. The summed E-state index contributed by atoms with van der Waals surface area (Å²) < 4.78 is 38.1. The maximum Gasteiger partial charge on any atom is 0.339 e. The van der Waals surface area contributed by atoms with Gasteiger partial charge in [0.05, 0.1) is 17.1 Å². The number of benzene rings is 1. The number of unbranched alkanes of at least 4 members (excludes halogenated alkanes) is 1. The first kappa shape index (κ1) is 19.3. The summed E-state index contributed by atoms with van der Waals surface area (Å²) in [6, 6.07) is 3.34. The Morgan fingerprint density at radius 3 is 2.68 bits per heavy atom. The molecule has 5 nitrogen and oxygen atoms in total. The second-order valence-corrected chi connectivity index (χ2v) is 6.02. The van der Waals surface area contributed by atoms with Crippen LogP contribution in [0.15, 0.2) is 28.9 Å². The largest absolute Gasteiger partial charge is 0.465 e. The van der Waals surface area contributed by atoms with Crippen LogP contribution < -0.4 is 4.74 Å². The first-order valence-electron chi connectivity index (χ1n) is 7.46. The van der Waals surface area contributed by atoms with Gasteiger partial charge in [0.25, 0.3) is 0 Å². The van der Waals surface area contributed by atoms with Gasteiger partial charge in [0.1, 0.15) is 5.82 Å². The number of carbonyl (C=O) groups excluding carboxylic acids is 1. The van der Waals surface area contributed by atoms with Gasteiger partial charge in [0.15, 0.2) is 11.6 Å². The average Bonchev–Trinajstić information content (AvgIpc) is 2.58. The van der Waals surface area contributed by atoms with Crippen molar-refractivity contribution in [1.29, 1.82) is 0 Å². The van der Waals surface area contributed by atoms with Crippen molar-refractivity contribution in [1.82, 2.24) is 4.98 Å². The predicted octanol–water partition coefficient (Wildman–Crippen LogP) is 4.02. The van der Waals surface area contributed by atoms with Crippen molar-refractivity contribution in [3.05, 3.63) is 51.6 Å². The molecule has 8 heteroatoms. The van der Waals surface area contributed by atoms with Crippen LogP contribution in [0.1, 0.15) is 28.8 Å². The molecule has 1 N–H and O–H groups in total. The standard InChI is InChI=1S/C17H16BrF2NO4/c1-24-17(23)11-7-13(18)16(21-9-11)25-15-10(4-2-3-5-22)6-12(19)8-14(15)20/h6-9,22H,2-5H2,1H3. The van der Waals surface area contributed by atoms with E-state index in [0.717, 1.165) is 6.07 Å². The first-order valence-corrected chi connectivity index (χ1v) is 8.26. The minimum atomic E-state index is -0.857. The normalized spacial score (nSPS) is 10.6. The maximum atomic E-state index is 14.2. The van der Waals surface area contributed by atoms with Crippen LogP contribution in [0.2, 0.25) is 0 Å². The minimum Gasteiger partial charge on any atom is -0.465 e. The van der Waals surface area contributed by atoms with Gasteiger partial charge in [0.2, 0.25) is 5.88 Å². The van der Waals surface area contributed by atoms with E-state index in [2.05, 4.69) is 25.7 Å². The number of rotatable bonds is 7. The van der Waals surface area contributed by atoms with Gasteiger partial charge in [-0.05, 0) is 47.3 Å². The fourth-order valence-corrected chi connectivity index (χ4v) is 2.60. The Bertz CT molecular complexity index is 771. The van der Waals surface area contributed by atoms with Crippen molar-refractivity contribution in [2.75, 3.05) is 13.7 Å². The molecule has 0 saturated carbocycles. The lowest BCUT2D eigenvalue weighted by Crippen LogP contribution is -2.04. The molecule has 0 amide bonds. The van der Waals surface area contributed by atoms with Crippen LogP contribution in [-0.4, -0.2) is 29.8 Å². The lowest BCUT2D eigenvalue weighted by molar-refractivity contribution is 0.0600. The molecule has 0 fully saturated rings. The molecule has 134 valence electrons. The highest BCUT2D eigenvalue weighted by molar-refractivity contribution is 9.10. The summed E-state index contributed by atoms with van der Waals surface area (Å²) in [6.45, 7) is -0.00389. The Morgan fingerprint density at radius 2 is 2.04 bits per heavy atom. The molecule has 1 heterocycles. The maximum absolute atomic E-state index is 14.2. The molecule has 25 heavy (non-hydrogen) atoms. The third kappa shape index (κ3) is 4.96. The van der Waals surface area contributed by atoms with E-state index in [9.17, 15) is 13.6 Å². The highest BCUT2D eigenvalue weighted by Gasteiger charge is 2.17. The number of aliphatic hydroxyl groups is 1. The lowest BCUT2D eigenvalue weighted by atomic mass is 10.1. The SMILES string of the molecule is COC(=O)c1cnc(Oc2c(F)cc(F)cc2CCCCO)c(Br)c1. The van der Waals surface area contributed by atoms with Crippen molar-refractivity contribution in [2.45, 2.75) is 19.3 Å². The van der Waals surface area contributed by atoms with Crippen LogP contribution in [0.5, 0.6) is 11.6 Å². The van der Waals surface area contributed by atoms with Crippen molar-refractivity contribution in [3.8, 4) is 11.6 Å². The molecule has 2 rings (SSSR count). The van der Waals surface area contributed by atoms with E-state index >= 15 is 0 Å². The molecule has 0 aliphatic heterocycles. The number of esters is 1. The van der Waals surface area contributed by atoms with Crippen molar-refractivity contribution < 1.29 is 28.2 Å². The molecule has 0 spiro atoms. The Labute approximate surface area is 151 Å². The Balaban J connectivity index is 2.31. The number of aromatic nitrogens is 1. The molecule has 2 aromatic rings. The van der Waals surface area contributed by atoms with E-state index in [1.54, 1.807) is 0 Å². The molecule has 0 atom stereocenters. The second-order valence-electron chi connectivity index (χ2n) is 5.16. The molecule has 0 saturated heterocycles. The molecule has 1 aromatic carbocycles. The summed E-state index contributed by atoms with van der Waals surface area (Å²) in [5.41, 5.74) is 0.529. The minimum absolute atomic E-state index is 0.00389. The van der Waals surface area contributed by atoms with E-state index in [1.807, 2.05) is 0 Å². The zero-order valence-corrected chi connectivity index (χ0v) is 15.0. The van der Waals surface area contributed by atoms with Crippen molar-refractivity contribution in [2.24, 2.45) is 0 Å². The van der Waals surface area contributed by atoms with E-state index in [0.29, 0.717) is 29.3 Å². The number of aliphatic hydroxyl groups excluding tert-OH is 1. The average molecular weight is 416 g/mol. The number of nitrogens with zero attached hydrogens (tertiary/aromatic N) is 1. The summed E-state index contributed by atoms with van der Waals surface area (Å²) in [5.74, 6) is -2.25. The molecule has 0 aliphatic carbocycles. The van der Waals surface area contributed by atoms with Gasteiger partial charge in [-0.3, -0.25) is 0 Å². The summed E-state index contributed by atoms with van der Waals surface area (Å²) in [5, 5.41) is 8.85. The van der Waals surface area contributed by atoms with Crippen LogP contribution in [0, 0.1) is 11.6 Å². The van der Waals surface area contributed by atoms with Crippen molar-refractivity contribution >= 4 is 21.9 Å². The number of halogens is 3. The number of aryl methyl sites for hydroxylation is 1. The zero-order valence-electron chi connectivity index (χ0n) is 13.4. The first-order chi connectivity index (χ1) is 12.0. The van der Waals surface area contributed by atoms with E-state index in [4.69, 9.17) is 9.84 Å². The van der Waals surface area contributed by atoms with Crippen LogP contribution in [-0.2, 0) is 11.2 Å². The number of hydrogen-bond donors (Lipinski definition) is 1. The van der Waals surface area contributed by atoms with Gasteiger partial charge in [0, 0.05) is 24.4 Å². The molecule has 1 aromatic heterocycles. The van der Waals surface area contributed by atoms with Crippen LogP contribution in [0.4, 0.5) is 8.78 Å². The summed E-state index contributed by atoms with van der Waals surface area (Å²) in [4.78, 5) is 15.5. The summed E-state index contributed by atoms with van der Waals surface area (Å²) >= 11 is 3.20. The Kier molecular flexibility index (Phi) is 6.83. The van der Waals surface area contributed by atoms with E-state index < -0.39 is 17.6 Å². The molecular weight excluding hydrogens is 400 g/mol. The topological polar surface area (TPSA) is 68.7 Å². The third-order valence-electron chi connectivity index (χ3n) is 3.37. The molecular formula is C17H16BrF2NO4. The van der Waals surface area contributed by atoms with Gasteiger partial charge in [-0.15, -0.1) is 0 Å². The van der Waals surface area contributed by atoms with Crippen LogP contribution in [0.25, 0.3) is 0 Å². The third-order valence-corrected chi connectivity index (χ3v) is 3.93. The number of ether oxygens (including phenoxy) is 2. The molecule has 0 unspecified atom stereocenters. The summed E-state index contributed by atoms with van der Waals surface area (Å²) in [6.07, 6.45) is 2.63. The molecule has 0 bridgehead atoms. The fraction of sp³-hybridized carbons (Fsp3) is 0.294. The predicted molar refractivity (Wildman–Crippen MR) is 89.7 cm³/mol. The quantitative estimate of drug-likeness (QED) is 0.546. The zero-order chi connectivity index (χ0) is 18.4. The van der Waals surface area contributed by atoms with E-state index in [1.165, 1.54) is 25.4 Å². The second kappa shape index (κ2) is 8.87. The fourth-order valence-electron chi connectivity index (χ4n) is 2.17. The number of methoxy groups -OCH3 is 1. The molecule has 0 aliphatic rings. The molecule has 0 radical (unpaired) electrons. The smallest absolute Gasteiger partial charge is 0.339 e. The Hall–Kier alpha value is -2.06. The van der Waals surface area contributed by atoms with E-state index in [-0.39, 0.29) is 23.8 Å². The summed E-state index contributed by atoms with van der Waals surface area (Å²) in [7, 11) is 1.24. The number of pyridine rings is 1. The van der Waals surface area contributed by atoms with Gasteiger partial charge in [-0.25, -0.2) is 18.6 Å². The van der Waals surface area contributed by atoms with Crippen LogP contribution >= 0.6 is 15.9 Å². The Morgan fingerprint density at radius 1 is 1.28 bits per heavy atom.